The van der Waals surface area contributed by atoms with Crippen molar-refractivity contribution in [3.05, 3.63) is 17.6 Å². The average molecular weight is 298 g/mol. The van der Waals surface area contributed by atoms with E-state index in [1.807, 2.05) is 13.8 Å². The normalized spacial score (nSPS) is 15.8. The highest BCUT2D eigenvalue weighted by atomic mass is 32.2. The fourth-order valence-corrected chi connectivity index (χ4v) is 3.59. The second kappa shape index (κ2) is 5.65. The number of nitrogens with one attached hydrogen (secondary N) is 2. The maximum atomic E-state index is 11.3. The second-order valence-electron chi connectivity index (χ2n) is 5.97. The molecule has 1 aliphatic carbocycles. The first-order chi connectivity index (χ1) is 9.27. The number of anilines is 1. The Morgan fingerprint density at radius 3 is 2.65 bits per heavy atom. The van der Waals surface area contributed by atoms with Gasteiger partial charge in [0.2, 0.25) is 10.0 Å². The zero-order valence-corrected chi connectivity index (χ0v) is 13.0. The van der Waals surface area contributed by atoms with Gasteiger partial charge in [0.05, 0.1) is 6.26 Å². The van der Waals surface area contributed by atoms with Crippen LogP contribution in [0, 0.1) is 0 Å². The summed E-state index contributed by atoms with van der Waals surface area (Å²) in [6.07, 6.45) is 7.05. The van der Waals surface area contributed by atoms with E-state index in [1.165, 1.54) is 18.2 Å². The fourth-order valence-electron chi connectivity index (χ4n) is 2.52. The van der Waals surface area contributed by atoms with Crippen LogP contribution in [0.25, 0.3) is 0 Å². The van der Waals surface area contributed by atoms with Gasteiger partial charge in [-0.15, -0.1) is 0 Å². The molecule has 1 aromatic rings. The molecule has 7 heteroatoms. The van der Waals surface area contributed by atoms with E-state index < -0.39 is 15.6 Å². The van der Waals surface area contributed by atoms with Crippen LogP contribution in [0.3, 0.4) is 0 Å². The van der Waals surface area contributed by atoms with Crippen LogP contribution in [0.2, 0.25) is 0 Å². The Bertz CT molecular complexity index is 584. The van der Waals surface area contributed by atoms with E-state index in [1.54, 1.807) is 6.33 Å². The van der Waals surface area contributed by atoms with Gasteiger partial charge in [-0.3, -0.25) is 0 Å². The molecule has 0 aliphatic heterocycles. The van der Waals surface area contributed by atoms with Crippen LogP contribution in [0.4, 0.5) is 5.82 Å². The molecule has 0 saturated heterocycles. The lowest BCUT2D eigenvalue weighted by molar-refractivity contribution is 0.475. The Balaban J connectivity index is 2.08. The smallest absolute Gasteiger partial charge is 0.209 e. The molecular formula is C13H22N4O2S. The molecule has 20 heavy (non-hydrogen) atoms. The van der Waals surface area contributed by atoms with Crippen molar-refractivity contribution in [3.63, 3.8) is 0 Å². The number of nitrogens with zero attached hydrogens (tertiary/aromatic N) is 2. The summed E-state index contributed by atoms with van der Waals surface area (Å²) in [5.41, 5.74) is 1.72. The molecule has 1 aromatic heterocycles. The van der Waals surface area contributed by atoms with E-state index in [-0.39, 0.29) is 0 Å². The van der Waals surface area contributed by atoms with Crippen molar-refractivity contribution in [1.82, 2.24) is 14.7 Å². The molecule has 2 N–H and O–H groups in total. The summed E-state index contributed by atoms with van der Waals surface area (Å²) < 4.78 is 25.3. The van der Waals surface area contributed by atoms with Crippen LogP contribution in [-0.4, -0.2) is 36.7 Å². The number of hydrogen-bond donors (Lipinski definition) is 2. The minimum absolute atomic E-state index is 0.476. The molecular weight excluding hydrogens is 276 g/mol. The summed E-state index contributed by atoms with van der Waals surface area (Å²) >= 11 is 0. The van der Waals surface area contributed by atoms with Crippen LogP contribution in [0.1, 0.15) is 37.9 Å². The van der Waals surface area contributed by atoms with E-state index >= 15 is 0 Å². The van der Waals surface area contributed by atoms with E-state index in [0.29, 0.717) is 6.54 Å². The fraction of sp³-hybridized carbons (Fsp3) is 0.692. The van der Waals surface area contributed by atoms with Crippen molar-refractivity contribution < 1.29 is 8.42 Å². The molecule has 0 radical (unpaired) electrons. The molecule has 112 valence electrons. The van der Waals surface area contributed by atoms with Crippen LogP contribution in [0.5, 0.6) is 0 Å². The number of fused-ring (bicyclic) bond motifs is 1. The molecule has 0 bridgehead atoms. The summed E-state index contributed by atoms with van der Waals surface area (Å²) in [6.45, 7) is 4.16. The predicted molar refractivity (Wildman–Crippen MR) is 79.2 cm³/mol. The highest BCUT2D eigenvalue weighted by molar-refractivity contribution is 7.88. The third-order valence-corrected chi connectivity index (χ3v) is 4.21. The summed E-state index contributed by atoms with van der Waals surface area (Å²) in [7, 11) is -3.23. The van der Waals surface area contributed by atoms with Crippen LogP contribution >= 0.6 is 0 Å². The quantitative estimate of drug-likeness (QED) is 0.850. The lowest BCUT2D eigenvalue weighted by atomic mass is 9.96. The van der Waals surface area contributed by atoms with E-state index in [0.717, 1.165) is 30.8 Å². The molecule has 0 amide bonds. The molecule has 0 aromatic carbocycles. The van der Waals surface area contributed by atoms with Crippen molar-refractivity contribution in [3.8, 4) is 0 Å². The Labute approximate surface area is 120 Å². The monoisotopic (exact) mass is 298 g/mol. The van der Waals surface area contributed by atoms with E-state index in [4.69, 9.17) is 0 Å². The van der Waals surface area contributed by atoms with Crippen LogP contribution < -0.4 is 10.0 Å². The Hall–Kier alpha value is -1.21. The molecule has 0 spiro atoms. The van der Waals surface area contributed by atoms with Crippen molar-refractivity contribution >= 4 is 15.8 Å². The predicted octanol–water partition coefficient (Wildman–Crippen LogP) is 1.10. The number of sulfonamides is 1. The standard InChI is InChI=1S/C13H22N4O2S/c1-13(2,17-20(3,18)19)8-14-12-10-6-4-5-7-11(10)15-9-16-12/h9,17H,4-8H2,1-3H3,(H,14,15,16). The molecule has 0 atom stereocenters. The lowest BCUT2D eigenvalue weighted by Crippen LogP contribution is -2.48. The molecule has 1 heterocycles. The van der Waals surface area contributed by atoms with Crippen molar-refractivity contribution in [2.75, 3.05) is 18.1 Å². The topological polar surface area (TPSA) is 84.0 Å². The van der Waals surface area contributed by atoms with Crippen molar-refractivity contribution in [2.45, 2.75) is 45.1 Å². The minimum Gasteiger partial charge on any atom is -0.368 e. The Morgan fingerprint density at radius 2 is 1.95 bits per heavy atom. The van der Waals surface area contributed by atoms with Gasteiger partial charge in [0.25, 0.3) is 0 Å². The van der Waals surface area contributed by atoms with Gasteiger partial charge in [0.1, 0.15) is 12.1 Å². The van der Waals surface area contributed by atoms with Gasteiger partial charge in [-0.05, 0) is 39.5 Å². The highest BCUT2D eigenvalue weighted by Crippen LogP contribution is 2.24. The van der Waals surface area contributed by atoms with E-state index in [9.17, 15) is 8.42 Å². The molecule has 6 nitrogen and oxygen atoms in total. The van der Waals surface area contributed by atoms with Gasteiger partial charge >= 0.3 is 0 Å². The first-order valence-corrected chi connectivity index (χ1v) is 8.71. The van der Waals surface area contributed by atoms with Gasteiger partial charge in [0, 0.05) is 23.3 Å². The Morgan fingerprint density at radius 1 is 1.25 bits per heavy atom. The largest absolute Gasteiger partial charge is 0.368 e. The maximum Gasteiger partial charge on any atom is 0.209 e. The summed E-state index contributed by atoms with van der Waals surface area (Å²) in [5.74, 6) is 0.832. The zero-order chi connectivity index (χ0) is 14.8. The van der Waals surface area contributed by atoms with E-state index in [2.05, 4.69) is 20.0 Å². The third-order valence-electron chi connectivity index (χ3n) is 3.28. The average Bonchev–Trinajstić information content (AvgIpc) is 2.33. The first kappa shape index (κ1) is 15.2. The van der Waals surface area contributed by atoms with Gasteiger partial charge in [-0.1, -0.05) is 0 Å². The second-order valence-corrected chi connectivity index (χ2v) is 7.71. The number of hydrogen-bond acceptors (Lipinski definition) is 5. The van der Waals surface area contributed by atoms with Gasteiger partial charge in [-0.25, -0.2) is 23.1 Å². The summed E-state index contributed by atoms with van der Waals surface area (Å²) in [4.78, 5) is 8.61. The van der Waals surface area contributed by atoms with Crippen LogP contribution in [0.15, 0.2) is 6.33 Å². The SMILES string of the molecule is CC(C)(CNc1ncnc2c1CCCC2)NS(C)(=O)=O. The number of rotatable bonds is 5. The van der Waals surface area contributed by atoms with Crippen molar-refractivity contribution in [1.29, 1.82) is 0 Å². The summed E-state index contributed by atoms with van der Waals surface area (Å²) in [6, 6.07) is 0. The number of aryl methyl sites for hydroxylation is 1. The number of aromatic nitrogens is 2. The molecule has 1 aliphatic rings. The molecule has 0 unspecified atom stereocenters. The molecule has 0 saturated carbocycles. The van der Waals surface area contributed by atoms with Gasteiger partial charge in [0.15, 0.2) is 0 Å². The zero-order valence-electron chi connectivity index (χ0n) is 12.2. The lowest BCUT2D eigenvalue weighted by Gasteiger charge is -2.27. The third kappa shape index (κ3) is 4.14. The minimum atomic E-state index is -3.23. The maximum absolute atomic E-state index is 11.3. The summed E-state index contributed by atoms with van der Waals surface area (Å²) in [5, 5.41) is 3.26. The molecule has 2 rings (SSSR count). The first-order valence-electron chi connectivity index (χ1n) is 6.82. The van der Waals surface area contributed by atoms with Crippen molar-refractivity contribution in [2.24, 2.45) is 0 Å². The Kier molecular flexibility index (Phi) is 4.29. The van der Waals surface area contributed by atoms with Crippen LogP contribution in [-0.2, 0) is 22.9 Å². The van der Waals surface area contributed by atoms with Gasteiger partial charge < -0.3 is 5.32 Å². The molecule has 0 fully saturated rings. The van der Waals surface area contributed by atoms with Gasteiger partial charge in [-0.2, -0.15) is 0 Å². The highest BCUT2D eigenvalue weighted by Gasteiger charge is 2.23.